The highest BCUT2D eigenvalue weighted by Gasteiger charge is 2.29. The van der Waals surface area contributed by atoms with Crippen LogP contribution in [0.5, 0.6) is 0 Å². The highest BCUT2D eigenvalue weighted by atomic mass is 16.1. The van der Waals surface area contributed by atoms with Gasteiger partial charge in [-0.05, 0) is 38.5 Å². The molecule has 0 N–H and O–H groups in total. The average Bonchev–Trinajstić information content (AvgIpc) is 2.61. The van der Waals surface area contributed by atoms with E-state index >= 15 is 0 Å². The Morgan fingerprint density at radius 1 is 1.07 bits per heavy atom. The van der Waals surface area contributed by atoms with Crippen molar-refractivity contribution in [3.8, 4) is 0 Å². The van der Waals surface area contributed by atoms with Gasteiger partial charge in [-0.1, -0.05) is 87.8 Å². The van der Waals surface area contributed by atoms with Gasteiger partial charge in [0, 0.05) is 22.6 Å². The second-order valence-electron chi connectivity index (χ2n) is 8.87. The summed E-state index contributed by atoms with van der Waals surface area (Å²) in [5, 5.41) is 0. The van der Waals surface area contributed by atoms with Crippen LogP contribution in [-0.2, 0) is 0 Å². The van der Waals surface area contributed by atoms with Crippen LogP contribution in [0.3, 0.4) is 0 Å². The third-order valence-corrected chi connectivity index (χ3v) is 5.94. The van der Waals surface area contributed by atoms with Crippen molar-refractivity contribution in [1.29, 1.82) is 0 Å². The highest BCUT2D eigenvalue weighted by molar-refractivity contribution is 6.17. The molecule has 1 aliphatic carbocycles. The van der Waals surface area contributed by atoms with Gasteiger partial charge < -0.3 is 0 Å². The minimum Gasteiger partial charge on any atom is -0.294 e. The van der Waals surface area contributed by atoms with E-state index in [1.807, 2.05) is 31.2 Å². The molecule has 0 radical (unpaired) electrons. The van der Waals surface area contributed by atoms with E-state index in [1.54, 1.807) is 12.1 Å². The Morgan fingerprint density at radius 3 is 2.18 bits per heavy atom. The SMILES string of the molecule is CC/C(C)=C(/C=C\C=C(/C)C(C)(C)C)C(=O)c1ccccc1C(=O)C1CCC1. The highest BCUT2D eigenvalue weighted by Crippen LogP contribution is 2.31. The lowest BCUT2D eigenvalue weighted by Crippen LogP contribution is -2.24. The van der Waals surface area contributed by atoms with Crippen molar-refractivity contribution in [2.24, 2.45) is 11.3 Å². The first kappa shape index (κ1) is 22.1. The van der Waals surface area contributed by atoms with E-state index in [4.69, 9.17) is 0 Å². The Morgan fingerprint density at radius 2 is 1.68 bits per heavy atom. The van der Waals surface area contributed by atoms with E-state index in [-0.39, 0.29) is 22.9 Å². The maximum Gasteiger partial charge on any atom is 0.193 e. The topological polar surface area (TPSA) is 34.1 Å². The molecular formula is C26H34O2. The number of benzene rings is 1. The molecule has 1 aliphatic rings. The summed E-state index contributed by atoms with van der Waals surface area (Å²) in [5.74, 6) is 0.151. The van der Waals surface area contributed by atoms with Crippen LogP contribution in [0.2, 0.25) is 0 Å². The number of hydrogen-bond acceptors (Lipinski definition) is 2. The molecule has 150 valence electrons. The van der Waals surface area contributed by atoms with Gasteiger partial charge in [-0.3, -0.25) is 9.59 Å². The summed E-state index contributed by atoms with van der Waals surface area (Å²) in [5.41, 5.74) is 4.19. The third kappa shape index (κ3) is 5.19. The molecule has 2 rings (SSSR count). The van der Waals surface area contributed by atoms with Crippen LogP contribution in [-0.4, -0.2) is 11.6 Å². The van der Waals surface area contributed by atoms with Gasteiger partial charge in [0.05, 0.1) is 0 Å². The average molecular weight is 379 g/mol. The molecule has 0 saturated heterocycles. The fraction of sp³-hybridized carbons (Fsp3) is 0.462. The lowest BCUT2D eigenvalue weighted by atomic mass is 9.78. The first-order chi connectivity index (χ1) is 13.2. The zero-order valence-corrected chi connectivity index (χ0v) is 18.3. The Hall–Kier alpha value is -2.22. The van der Waals surface area contributed by atoms with Crippen LogP contribution in [0.4, 0.5) is 0 Å². The molecule has 0 bridgehead atoms. The third-order valence-electron chi connectivity index (χ3n) is 5.94. The number of carbonyl (C=O) groups excluding carboxylic acids is 2. The molecule has 1 saturated carbocycles. The standard InChI is InChI=1S/C26H34O2/c1-7-18(2)21(17-10-12-19(3)26(4,5)6)25(28)23-16-9-8-15-22(23)24(27)20-13-11-14-20/h8-10,12,15-17,20H,7,11,13-14H2,1-6H3/b17-10-,19-12+,21-18-. The number of carbonyl (C=O) groups is 2. The second kappa shape index (κ2) is 9.32. The van der Waals surface area contributed by atoms with Gasteiger partial charge in [-0.15, -0.1) is 0 Å². The molecular weight excluding hydrogens is 344 g/mol. The van der Waals surface area contributed by atoms with Gasteiger partial charge in [0.25, 0.3) is 0 Å². The van der Waals surface area contributed by atoms with Crippen molar-refractivity contribution in [3.05, 3.63) is 70.3 Å². The number of ketones is 2. The summed E-state index contributed by atoms with van der Waals surface area (Å²) in [6.45, 7) is 12.7. The molecule has 0 aliphatic heterocycles. The van der Waals surface area contributed by atoms with Crippen LogP contribution in [0.25, 0.3) is 0 Å². The largest absolute Gasteiger partial charge is 0.294 e. The van der Waals surface area contributed by atoms with Crippen molar-refractivity contribution in [2.45, 2.75) is 67.2 Å². The molecule has 0 aromatic heterocycles. The van der Waals surface area contributed by atoms with Crippen LogP contribution in [0.15, 0.2) is 59.2 Å². The summed E-state index contributed by atoms with van der Waals surface area (Å²) in [7, 11) is 0. The van der Waals surface area contributed by atoms with Gasteiger partial charge in [-0.2, -0.15) is 0 Å². The van der Waals surface area contributed by atoms with Gasteiger partial charge in [0.2, 0.25) is 0 Å². The van der Waals surface area contributed by atoms with Gasteiger partial charge in [0.15, 0.2) is 11.6 Å². The van der Waals surface area contributed by atoms with E-state index in [0.717, 1.165) is 31.3 Å². The van der Waals surface area contributed by atoms with E-state index in [0.29, 0.717) is 16.7 Å². The van der Waals surface area contributed by atoms with E-state index in [1.165, 1.54) is 5.57 Å². The molecule has 2 heteroatoms. The van der Waals surface area contributed by atoms with E-state index < -0.39 is 0 Å². The monoisotopic (exact) mass is 378 g/mol. The Bertz CT molecular complexity index is 824. The Labute approximate surface area is 170 Å². The first-order valence-electron chi connectivity index (χ1n) is 10.4. The minimum absolute atomic E-state index is 0.0549. The van der Waals surface area contributed by atoms with Crippen molar-refractivity contribution < 1.29 is 9.59 Å². The van der Waals surface area contributed by atoms with Crippen LogP contribution in [0, 0.1) is 11.3 Å². The zero-order valence-electron chi connectivity index (χ0n) is 18.3. The molecule has 0 heterocycles. The summed E-state index contributed by atoms with van der Waals surface area (Å²) < 4.78 is 0. The van der Waals surface area contributed by atoms with Gasteiger partial charge in [0.1, 0.15) is 0 Å². The summed E-state index contributed by atoms with van der Waals surface area (Å²) in [6, 6.07) is 7.29. The van der Waals surface area contributed by atoms with Crippen LogP contribution < -0.4 is 0 Å². The van der Waals surface area contributed by atoms with Crippen LogP contribution in [0.1, 0.15) is 87.9 Å². The zero-order chi connectivity index (χ0) is 20.9. The molecule has 1 aromatic rings. The normalized spacial score (nSPS) is 16.7. The molecule has 1 aromatic carbocycles. The molecule has 0 atom stereocenters. The molecule has 2 nitrogen and oxygen atoms in total. The predicted octanol–water partition coefficient (Wildman–Crippen LogP) is 7.13. The number of hydrogen-bond donors (Lipinski definition) is 0. The van der Waals surface area contributed by atoms with Crippen molar-refractivity contribution in [3.63, 3.8) is 0 Å². The number of allylic oxidation sites excluding steroid dienone is 6. The summed E-state index contributed by atoms with van der Waals surface area (Å²) in [6.07, 6.45) is 9.72. The van der Waals surface area contributed by atoms with Gasteiger partial charge >= 0.3 is 0 Å². The first-order valence-corrected chi connectivity index (χ1v) is 10.4. The quantitative estimate of drug-likeness (QED) is 0.287. The van der Waals surface area contributed by atoms with E-state index in [9.17, 15) is 9.59 Å². The van der Waals surface area contributed by atoms with Crippen molar-refractivity contribution in [1.82, 2.24) is 0 Å². The maximum atomic E-state index is 13.4. The van der Waals surface area contributed by atoms with E-state index in [2.05, 4.69) is 40.7 Å². The smallest absolute Gasteiger partial charge is 0.193 e. The summed E-state index contributed by atoms with van der Waals surface area (Å²) >= 11 is 0. The number of Topliss-reactive ketones (excluding diaryl/α,β-unsaturated/α-hetero) is 2. The van der Waals surface area contributed by atoms with Crippen molar-refractivity contribution >= 4 is 11.6 Å². The molecule has 0 spiro atoms. The molecule has 28 heavy (non-hydrogen) atoms. The Kier molecular flexibility index (Phi) is 7.35. The predicted molar refractivity (Wildman–Crippen MR) is 118 cm³/mol. The van der Waals surface area contributed by atoms with Gasteiger partial charge in [-0.25, -0.2) is 0 Å². The lowest BCUT2D eigenvalue weighted by Gasteiger charge is -2.24. The fourth-order valence-corrected chi connectivity index (χ4v) is 3.07. The minimum atomic E-state index is -0.0549. The summed E-state index contributed by atoms with van der Waals surface area (Å²) in [4.78, 5) is 26.2. The maximum absolute atomic E-state index is 13.4. The molecule has 1 fully saturated rings. The van der Waals surface area contributed by atoms with Crippen LogP contribution >= 0.6 is 0 Å². The van der Waals surface area contributed by atoms with Crippen molar-refractivity contribution in [2.75, 3.05) is 0 Å². The second-order valence-corrected chi connectivity index (χ2v) is 8.87. The molecule has 0 amide bonds. The number of rotatable bonds is 7. The Balaban J connectivity index is 2.39. The fourth-order valence-electron chi connectivity index (χ4n) is 3.07. The lowest BCUT2D eigenvalue weighted by molar-refractivity contribution is 0.0849. The molecule has 0 unspecified atom stereocenters.